The lowest BCUT2D eigenvalue weighted by Crippen LogP contribution is -2.32. The predicted octanol–water partition coefficient (Wildman–Crippen LogP) is 2.28. The fourth-order valence-electron chi connectivity index (χ4n) is 4.54. The van der Waals surface area contributed by atoms with Crippen molar-refractivity contribution in [2.75, 3.05) is 6.61 Å². The first kappa shape index (κ1) is 19.8. The summed E-state index contributed by atoms with van der Waals surface area (Å²) >= 11 is 0. The number of halogens is 1. The van der Waals surface area contributed by atoms with Crippen LogP contribution in [0.2, 0.25) is 0 Å². The number of unbranched alkanes of at least 4 members (excludes halogenated alkanes) is 1. The maximum atomic E-state index is 14.6. The second-order valence-electron chi connectivity index (χ2n) is 8.07. The molecule has 3 aromatic rings. The van der Waals surface area contributed by atoms with Gasteiger partial charge in [-0.05, 0) is 49.4 Å². The molecule has 0 bridgehead atoms. The van der Waals surface area contributed by atoms with E-state index in [4.69, 9.17) is 9.84 Å². The van der Waals surface area contributed by atoms with Gasteiger partial charge >= 0.3 is 5.97 Å². The van der Waals surface area contributed by atoms with Gasteiger partial charge in [0.25, 0.3) is 5.56 Å². The standard InChI is InChI=1S/C23H21FN2O5/c1-11-13(4-2-3-5-27)14-6-12-9-26-19(20(12)25-18(14)8-17(11)24)7-15-16(22(26)29)10-31-23(30)21(15)28/h6-8,21,27-28H,2-5,9-10H2,1H3. The maximum absolute atomic E-state index is 14.6. The number of nitrogens with zero attached hydrogens (tertiary/aromatic N) is 2. The summed E-state index contributed by atoms with van der Waals surface area (Å²) in [5, 5.41) is 20.1. The van der Waals surface area contributed by atoms with Gasteiger partial charge in [-0.2, -0.15) is 0 Å². The van der Waals surface area contributed by atoms with Crippen LogP contribution in [0.15, 0.2) is 23.0 Å². The largest absolute Gasteiger partial charge is 0.458 e. The van der Waals surface area contributed by atoms with Crippen LogP contribution in [0.3, 0.4) is 0 Å². The molecule has 0 saturated carbocycles. The van der Waals surface area contributed by atoms with E-state index in [-0.39, 0.29) is 35.7 Å². The van der Waals surface area contributed by atoms with Gasteiger partial charge in [-0.3, -0.25) is 4.79 Å². The Bertz CT molecular complexity index is 1310. The molecule has 2 N–H and O–H groups in total. The van der Waals surface area contributed by atoms with Crippen molar-refractivity contribution in [3.63, 3.8) is 0 Å². The van der Waals surface area contributed by atoms with Crippen molar-refractivity contribution in [1.29, 1.82) is 0 Å². The fraction of sp³-hybridized carbons (Fsp3) is 0.348. The Balaban J connectivity index is 1.69. The van der Waals surface area contributed by atoms with Gasteiger partial charge in [0.15, 0.2) is 6.10 Å². The number of fused-ring (bicyclic) bond motifs is 5. The number of esters is 1. The summed E-state index contributed by atoms with van der Waals surface area (Å²) in [6.45, 7) is 1.95. The van der Waals surface area contributed by atoms with Crippen molar-refractivity contribution in [3.05, 3.63) is 62.2 Å². The van der Waals surface area contributed by atoms with E-state index in [1.165, 1.54) is 6.07 Å². The number of ether oxygens (including phenoxy) is 1. The molecule has 5 rings (SSSR count). The molecule has 1 unspecified atom stereocenters. The quantitative estimate of drug-likeness (QED) is 0.385. The highest BCUT2D eigenvalue weighted by atomic mass is 19.1. The molecule has 7 nitrogen and oxygen atoms in total. The van der Waals surface area contributed by atoms with Crippen molar-refractivity contribution >= 4 is 16.9 Å². The Morgan fingerprint density at radius 1 is 1.26 bits per heavy atom. The minimum absolute atomic E-state index is 0.0842. The van der Waals surface area contributed by atoms with Gasteiger partial charge in [-0.25, -0.2) is 14.2 Å². The molecule has 2 aromatic heterocycles. The Hall–Kier alpha value is -3.10. The molecular formula is C23H21FN2O5. The lowest BCUT2D eigenvalue weighted by atomic mass is 9.95. The number of benzene rings is 1. The highest BCUT2D eigenvalue weighted by Gasteiger charge is 2.33. The zero-order valence-electron chi connectivity index (χ0n) is 16.9. The molecule has 0 spiro atoms. The summed E-state index contributed by atoms with van der Waals surface area (Å²) in [6, 6.07) is 4.95. The lowest BCUT2D eigenvalue weighted by Gasteiger charge is -2.21. The monoisotopic (exact) mass is 424 g/mol. The van der Waals surface area contributed by atoms with E-state index in [1.54, 1.807) is 17.6 Å². The average molecular weight is 424 g/mol. The molecule has 4 heterocycles. The third kappa shape index (κ3) is 2.97. The van der Waals surface area contributed by atoms with Gasteiger partial charge in [-0.15, -0.1) is 0 Å². The molecule has 0 radical (unpaired) electrons. The molecule has 2 aliphatic heterocycles. The third-order valence-electron chi connectivity index (χ3n) is 6.25. The number of hydrogen-bond acceptors (Lipinski definition) is 6. The van der Waals surface area contributed by atoms with Crippen LogP contribution < -0.4 is 5.56 Å². The number of aliphatic hydroxyl groups is 2. The van der Waals surface area contributed by atoms with E-state index in [2.05, 4.69) is 4.98 Å². The van der Waals surface area contributed by atoms with E-state index in [0.29, 0.717) is 41.9 Å². The summed E-state index contributed by atoms with van der Waals surface area (Å²) < 4.78 is 21.1. The Morgan fingerprint density at radius 3 is 2.84 bits per heavy atom. The van der Waals surface area contributed by atoms with Gasteiger partial charge in [0.2, 0.25) is 0 Å². The summed E-state index contributed by atoms with van der Waals surface area (Å²) in [6.07, 6.45) is 0.468. The zero-order chi connectivity index (χ0) is 21.9. The summed E-state index contributed by atoms with van der Waals surface area (Å²) in [5.74, 6) is -1.13. The molecule has 1 aromatic carbocycles. The first-order valence-corrected chi connectivity index (χ1v) is 10.2. The van der Waals surface area contributed by atoms with Crippen molar-refractivity contribution in [1.82, 2.24) is 9.55 Å². The van der Waals surface area contributed by atoms with Gasteiger partial charge in [0.1, 0.15) is 12.4 Å². The summed E-state index contributed by atoms with van der Waals surface area (Å²) in [7, 11) is 0. The first-order valence-electron chi connectivity index (χ1n) is 10.2. The Morgan fingerprint density at radius 2 is 2.06 bits per heavy atom. The topological polar surface area (TPSA) is 102 Å². The molecule has 2 aliphatic rings. The fourth-order valence-corrected chi connectivity index (χ4v) is 4.54. The highest BCUT2D eigenvalue weighted by molar-refractivity contribution is 5.88. The zero-order valence-corrected chi connectivity index (χ0v) is 16.9. The van der Waals surface area contributed by atoms with Crippen LogP contribution in [0.4, 0.5) is 4.39 Å². The van der Waals surface area contributed by atoms with E-state index >= 15 is 0 Å². The predicted molar refractivity (Wildman–Crippen MR) is 110 cm³/mol. The van der Waals surface area contributed by atoms with E-state index in [9.17, 15) is 19.1 Å². The van der Waals surface area contributed by atoms with E-state index in [1.807, 2.05) is 6.07 Å². The molecule has 0 aliphatic carbocycles. The number of aromatic nitrogens is 2. The second-order valence-corrected chi connectivity index (χ2v) is 8.07. The number of hydrogen-bond donors (Lipinski definition) is 2. The van der Waals surface area contributed by atoms with Crippen LogP contribution >= 0.6 is 0 Å². The first-order chi connectivity index (χ1) is 14.9. The van der Waals surface area contributed by atoms with Crippen LogP contribution in [0.1, 0.15) is 46.8 Å². The van der Waals surface area contributed by atoms with Crippen LogP contribution in [0.25, 0.3) is 22.3 Å². The number of aryl methyl sites for hydroxylation is 1. The molecule has 0 amide bonds. The molecule has 0 fully saturated rings. The van der Waals surface area contributed by atoms with Gasteiger partial charge < -0.3 is 19.5 Å². The molecule has 160 valence electrons. The number of rotatable bonds is 4. The van der Waals surface area contributed by atoms with Gasteiger partial charge in [0.05, 0.1) is 29.0 Å². The van der Waals surface area contributed by atoms with E-state index in [0.717, 1.165) is 22.9 Å². The summed E-state index contributed by atoms with van der Waals surface area (Å²) in [4.78, 5) is 29.4. The van der Waals surface area contributed by atoms with Gasteiger partial charge in [0, 0.05) is 29.2 Å². The molecular weight excluding hydrogens is 403 g/mol. The van der Waals surface area contributed by atoms with Crippen molar-refractivity contribution in [3.8, 4) is 11.4 Å². The number of pyridine rings is 2. The smallest absolute Gasteiger partial charge is 0.340 e. The highest BCUT2D eigenvalue weighted by Crippen LogP contribution is 2.37. The maximum Gasteiger partial charge on any atom is 0.340 e. The number of aliphatic hydroxyl groups excluding tert-OH is 2. The number of cyclic esters (lactones) is 1. The number of carbonyl (C=O) groups excluding carboxylic acids is 1. The van der Waals surface area contributed by atoms with Crippen molar-refractivity contribution in [2.24, 2.45) is 0 Å². The molecule has 1 atom stereocenters. The van der Waals surface area contributed by atoms with Gasteiger partial charge in [-0.1, -0.05) is 0 Å². The third-order valence-corrected chi connectivity index (χ3v) is 6.25. The molecule has 8 heteroatoms. The lowest BCUT2D eigenvalue weighted by molar-refractivity contribution is -0.157. The minimum atomic E-state index is -1.51. The van der Waals surface area contributed by atoms with Crippen LogP contribution in [-0.4, -0.2) is 32.3 Å². The molecule has 0 saturated heterocycles. The normalized spacial score (nSPS) is 16.8. The van der Waals surface area contributed by atoms with Crippen molar-refractivity contribution < 1.29 is 24.1 Å². The SMILES string of the molecule is Cc1c(F)cc2nc3c(cc2c1CCCCO)Cn1c-3cc2c(c1=O)COC(=O)C2O. The van der Waals surface area contributed by atoms with Crippen LogP contribution in [-0.2, 0) is 29.1 Å². The second kappa shape index (κ2) is 7.25. The Kier molecular flexibility index (Phi) is 4.64. The number of carbonyl (C=O) groups is 1. The molecule has 31 heavy (non-hydrogen) atoms. The Labute approximate surface area is 176 Å². The van der Waals surface area contributed by atoms with E-state index < -0.39 is 12.1 Å². The van der Waals surface area contributed by atoms with Crippen LogP contribution in [0.5, 0.6) is 0 Å². The average Bonchev–Trinajstić information content (AvgIpc) is 3.11. The van der Waals surface area contributed by atoms with Crippen LogP contribution in [0, 0.1) is 12.7 Å². The van der Waals surface area contributed by atoms with Crippen molar-refractivity contribution in [2.45, 2.75) is 45.4 Å². The minimum Gasteiger partial charge on any atom is -0.458 e. The summed E-state index contributed by atoms with van der Waals surface area (Å²) in [5.41, 5.74) is 3.95.